The summed E-state index contributed by atoms with van der Waals surface area (Å²) in [7, 11) is 2.15. The quantitative estimate of drug-likeness (QED) is 0.899. The second-order valence-corrected chi connectivity index (χ2v) is 7.32. The molecule has 2 nitrogen and oxygen atoms in total. The van der Waals surface area contributed by atoms with Gasteiger partial charge in [-0.3, -0.25) is 0 Å². The Kier molecular flexibility index (Phi) is 4.98. The molecule has 0 aliphatic heterocycles. The zero-order valence-corrected chi connectivity index (χ0v) is 13.7. The Morgan fingerprint density at radius 3 is 2.33 bits per heavy atom. The lowest BCUT2D eigenvalue weighted by atomic mass is 9.75. The standard InChI is InChI=1S/C15H25BrN2/c1-14(2,15(3,4)17)11-18(5)10-12-7-6-8-13(16)9-12/h6-9H,10-11,17H2,1-5H3. The van der Waals surface area contributed by atoms with Gasteiger partial charge in [0.1, 0.15) is 0 Å². The molecule has 0 unspecified atom stereocenters. The normalized spacial score (nSPS) is 13.1. The van der Waals surface area contributed by atoms with E-state index in [1.165, 1.54) is 5.56 Å². The zero-order chi connectivity index (χ0) is 14.0. The van der Waals surface area contributed by atoms with Gasteiger partial charge in [-0.05, 0) is 44.0 Å². The SMILES string of the molecule is CN(Cc1cccc(Br)c1)CC(C)(C)C(C)(C)N. The fourth-order valence-corrected chi connectivity index (χ4v) is 2.33. The maximum absolute atomic E-state index is 6.24. The Morgan fingerprint density at radius 1 is 1.22 bits per heavy atom. The van der Waals surface area contributed by atoms with E-state index in [1.54, 1.807) is 0 Å². The number of hydrogen-bond donors (Lipinski definition) is 1. The molecule has 0 aromatic heterocycles. The molecule has 2 N–H and O–H groups in total. The van der Waals surface area contributed by atoms with Crippen LogP contribution in [0.25, 0.3) is 0 Å². The molecule has 102 valence electrons. The van der Waals surface area contributed by atoms with Crippen molar-refractivity contribution in [1.29, 1.82) is 0 Å². The summed E-state index contributed by atoms with van der Waals surface area (Å²) in [6.07, 6.45) is 0. The second-order valence-electron chi connectivity index (χ2n) is 6.41. The number of nitrogens with zero attached hydrogens (tertiary/aromatic N) is 1. The Hall–Kier alpha value is -0.380. The van der Waals surface area contributed by atoms with E-state index in [9.17, 15) is 0 Å². The first-order valence-electron chi connectivity index (χ1n) is 6.34. The molecule has 0 saturated heterocycles. The smallest absolute Gasteiger partial charge is 0.0231 e. The highest BCUT2D eigenvalue weighted by Gasteiger charge is 2.34. The van der Waals surface area contributed by atoms with Gasteiger partial charge >= 0.3 is 0 Å². The highest BCUT2D eigenvalue weighted by Crippen LogP contribution is 2.29. The lowest BCUT2D eigenvalue weighted by Gasteiger charge is -2.41. The Morgan fingerprint density at radius 2 is 1.83 bits per heavy atom. The van der Waals surface area contributed by atoms with Crippen LogP contribution in [0.5, 0.6) is 0 Å². The Labute approximate surface area is 120 Å². The molecule has 1 aromatic carbocycles. The van der Waals surface area contributed by atoms with Gasteiger partial charge in [-0.25, -0.2) is 0 Å². The summed E-state index contributed by atoms with van der Waals surface area (Å²) >= 11 is 3.51. The predicted molar refractivity (Wildman–Crippen MR) is 82.5 cm³/mol. The van der Waals surface area contributed by atoms with Crippen molar-refractivity contribution in [2.45, 2.75) is 39.8 Å². The first kappa shape index (κ1) is 15.7. The summed E-state index contributed by atoms with van der Waals surface area (Å²) < 4.78 is 1.13. The number of benzene rings is 1. The van der Waals surface area contributed by atoms with Crippen LogP contribution in [0.1, 0.15) is 33.3 Å². The van der Waals surface area contributed by atoms with Crippen LogP contribution in [0, 0.1) is 5.41 Å². The molecule has 0 aliphatic carbocycles. The summed E-state index contributed by atoms with van der Waals surface area (Å²) in [6.45, 7) is 10.6. The van der Waals surface area contributed by atoms with Gasteiger partial charge in [0.2, 0.25) is 0 Å². The minimum absolute atomic E-state index is 0.0771. The summed E-state index contributed by atoms with van der Waals surface area (Å²) in [4.78, 5) is 2.33. The number of hydrogen-bond acceptors (Lipinski definition) is 2. The lowest BCUT2D eigenvalue weighted by molar-refractivity contribution is 0.126. The number of nitrogens with two attached hydrogens (primary N) is 1. The maximum Gasteiger partial charge on any atom is 0.0231 e. The molecule has 0 heterocycles. The van der Waals surface area contributed by atoms with Gasteiger partial charge in [0, 0.05) is 23.1 Å². The van der Waals surface area contributed by atoms with Crippen molar-refractivity contribution in [2.24, 2.45) is 11.1 Å². The molecule has 1 aromatic rings. The first-order chi connectivity index (χ1) is 8.12. The van der Waals surface area contributed by atoms with Crippen molar-refractivity contribution in [1.82, 2.24) is 4.90 Å². The summed E-state index contributed by atoms with van der Waals surface area (Å²) in [5.74, 6) is 0. The van der Waals surface area contributed by atoms with Crippen molar-refractivity contribution in [3.05, 3.63) is 34.3 Å². The molecule has 18 heavy (non-hydrogen) atoms. The van der Waals surface area contributed by atoms with Crippen LogP contribution in [0.15, 0.2) is 28.7 Å². The minimum atomic E-state index is -0.182. The van der Waals surface area contributed by atoms with Crippen LogP contribution in [0.4, 0.5) is 0 Å². The van der Waals surface area contributed by atoms with Crippen LogP contribution in [-0.4, -0.2) is 24.0 Å². The van der Waals surface area contributed by atoms with Gasteiger partial charge in [-0.15, -0.1) is 0 Å². The molecular formula is C15H25BrN2. The molecule has 0 radical (unpaired) electrons. The Balaban J connectivity index is 2.65. The zero-order valence-electron chi connectivity index (χ0n) is 12.1. The van der Waals surface area contributed by atoms with Crippen LogP contribution in [-0.2, 0) is 6.54 Å². The van der Waals surface area contributed by atoms with Crippen molar-refractivity contribution in [3.63, 3.8) is 0 Å². The van der Waals surface area contributed by atoms with Gasteiger partial charge < -0.3 is 10.6 Å². The monoisotopic (exact) mass is 312 g/mol. The lowest BCUT2D eigenvalue weighted by Crippen LogP contribution is -2.52. The molecule has 0 bridgehead atoms. The topological polar surface area (TPSA) is 29.3 Å². The van der Waals surface area contributed by atoms with Crippen molar-refractivity contribution in [3.8, 4) is 0 Å². The third-order valence-electron chi connectivity index (χ3n) is 3.75. The van der Waals surface area contributed by atoms with Crippen molar-refractivity contribution < 1.29 is 0 Å². The molecular weight excluding hydrogens is 288 g/mol. The van der Waals surface area contributed by atoms with E-state index in [0.717, 1.165) is 17.6 Å². The van der Waals surface area contributed by atoms with E-state index in [4.69, 9.17) is 5.73 Å². The highest BCUT2D eigenvalue weighted by molar-refractivity contribution is 9.10. The number of rotatable bonds is 5. The average molecular weight is 313 g/mol. The van der Waals surface area contributed by atoms with E-state index < -0.39 is 0 Å². The van der Waals surface area contributed by atoms with Gasteiger partial charge in [0.05, 0.1) is 0 Å². The third kappa shape index (κ3) is 4.38. The minimum Gasteiger partial charge on any atom is -0.325 e. The molecule has 0 aliphatic rings. The highest BCUT2D eigenvalue weighted by atomic mass is 79.9. The van der Waals surface area contributed by atoms with Gasteiger partial charge in [-0.1, -0.05) is 41.9 Å². The largest absolute Gasteiger partial charge is 0.325 e. The van der Waals surface area contributed by atoms with Crippen molar-refractivity contribution in [2.75, 3.05) is 13.6 Å². The molecule has 1 rings (SSSR count). The first-order valence-corrected chi connectivity index (χ1v) is 7.13. The predicted octanol–water partition coefficient (Wildman–Crippen LogP) is 3.64. The summed E-state index contributed by atoms with van der Waals surface area (Å²) in [6, 6.07) is 8.45. The molecule has 3 heteroatoms. The third-order valence-corrected chi connectivity index (χ3v) is 4.24. The summed E-state index contributed by atoms with van der Waals surface area (Å²) in [5, 5.41) is 0. The van der Waals surface area contributed by atoms with Gasteiger partial charge in [-0.2, -0.15) is 0 Å². The number of halogens is 1. The second kappa shape index (κ2) is 5.72. The van der Waals surface area contributed by atoms with E-state index in [0.29, 0.717) is 0 Å². The fraction of sp³-hybridized carbons (Fsp3) is 0.600. The van der Waals surface area contributed by atoms with E-state index in [1.807, 2.05) is 0 Å². The van der Waals surface area contributed by atoms with Crippen LogP contribution in [0.3, 0.4) is 0 Å². The Bertz CT molecular complexity index is 394. The average Bonchev–Trinajstić information content (AvgIpc) is 2.14. The van der Waals surface area contributed by atoms with E-state index in [-0.39, 0.29) is 11.0 Å². The fourth-order valence-electron chi connectivity index (χ4n) is 1.88. The molecule has 0 spiro atoms. The summed E-state index contributed by atoms with van der Waals surface area (Å²) in [5.41, 5.74) is 7.46. The molecule has 0 saturated carbocycles. The van der Waals surface area contributed by atoms with E-state index in [2.05, 4.69) is 79.8 Å². The maximum atomic E-state index is 6.24. The van der Waals surface area contributed by atoms with Crippen LogP contribution < -0.4 is 5.73 Å². The van der Waals surface area contributed by atoms with Gasteiger partial charge in [0.25, 0.3) is 0 Å². The van der Waals surface area contributed by atoms with Crippen molar-refractivity contribution >= 4 is 15.9 Å². The van der Waals surface area contributed by atoms with E-state index >= 15 is 0 Å². The molecule has 0 amide bonds. The van der Waals surface area contributed by atoms with Crippen LogP contribution in [0.2, 0.25) is 0 Å². The van der Waals surface area contributed by atoms with Gasteiger partial charge in [0.15, 0.2) is 0 Å². The molecule has 0 fully saturated rings. The van der Waals surface area contributed by atoms with Crippen LogP contribution >= 0.6 is 15.9 Å². The molecule has 0 atom stereocenters.